The minimum atomic E-state index is -3.45. The average Bonchev–Trinajstić information content (AvgIpc) is 3.06. The molecule has 6 heteroatoms. The number of piperidine rings is 1. The van der Waals surface area contributed by atoms with Crippen molar-refractivity contribution in [1.82, 2.24) is 9.29 Å². The number of benzene rings is 2. The lowest BCUT2D eigenvalue weighted by Gasteiger charge is -2.31. The first-order valence-electron chi connectivity index (χ1n) is 8.37. The smallest absolute Gasteiger partial charge is 0.243 e. The lowest BCUT2D eigenvalue weighted by molar-refractivity contribution is 0.320. The Balaban J connectivity index is 1.52. The molecule has 4 nitrogen and oxygen atoms in total. The predicted octanol–water partition coefficient (Wildman–Crippen LogP) is 4.39. The van der Waals surface area contributed by atoms with Crippen molar-refractivity contribution >= 4 is 32.5 Å². The van der Waals surface area contributed by atoms with E-state index in [0.717, 1.165) is 18.4 Å². The molecule has 1 saturated heterocycles. The minimum absolute atomic E-state index is 0.308. The second-order valence-corrected chi connectivity index (χ2v) is 8.80. The van der Waals surface area contributed by atoms with Gasteiger partial charge in [-0.1, -0.05) is 29.8 Å². The maximum absolute atomic E-state index is 12.8. The van der Waals surface area contributed by atoms with Crippen molar-refractivity contribution in [1.29, 1.82) is 0 Å². The minimum Gasteiger partial charge on any atom is -0.361 e. The molecule has 25 heavy (non-hydrogen) atoms. The summed E-state index contributed by atoms with van der Waals surface area (Å²) in [4.78, 5) is 3.62. The molecule has 0 unspecified atom stereocenters. The standard InChI is InChI=1S/C19H19ClN2O2S/c20-15-5-7-16(8-6-15)25(23,24)22-11-9-14(10-12-22)18-13-21-19-4-2-1-3-17(18)19/h1-8,13-14,21H,9-12H2. The van der Waals surface area contributed by atoms with Gasteiger partial charge in [0.2, 0.25) is 10.0 Å². The number of hydrogen-bond donors (Lipinski definition) is 1. The first kappa shape index (κ1) is 16.6. The molecule has 2 aromatic carbocycles. The van der Waals surface area contributed by atoms with Crippen molar-refractivity contribution in [3.63, 3.8) is 0 Å². The number of hydrogen-bond acceptors (Lipinski definition) is 2. The van der Waals surface area contributed by atoms with E-state index in [4.69, 9.17) is 11.6 Å². The molecule has 0 saturated carbocycles. The summed E-state index contributed by atoms with van der Waals surface area (Å²) in [6.07, 6.45) is 3.72. The largest absolute Gasteiger partial charge is 0.361 e. The van der Waals surface area contributed by atoms with Gasteiger partial charge in [-0.25, -0.2) is 8.42 Å². The van der Waals surface area contributed by atoms with Gasteiger partial charge in [-0.05, 0) is 54.7 Å². The highest BCUT2D eigenvalue weighted by Gasteiger charge is 2.30. The highest BCUT2D eigenvalue weighted by Crippen LogP contribution is 2.34. The fourth-order valence-corrected chi connectivity index (χ4v) is 5.19. The fraction of sp³-hybridized carbons (Fsp3) is 0.263. The maximum atomic E-state index is 12.8. The third-order valence-electron chi connectivity index (χ3n) is 4.97. The number of halogens is 1. The number of H-pyrrole nitrogens is 1. The molecule has 1 aromatic heterocycles. The number of sulfonamides is 1. The zero-order chi connectivity index (χ0) is 17.4. The summed E-state index contributed by atoms with van der Waals surface area (Å²) in [5, 5.41) is 1.78. The molecule has 3 aromatic rings. The van der Waals surface area contributed by atoms with Gasteiger partial charge in [0.25, 0.3) is 0 Å². The lowest BCUT2D eigenvalue weighted by atomic mass is 9.90. The molecule has 0 amide bonds. The number of fused-ring (bicyclic) bond motifs is 1. The van der Waals surface area contributed by atoms with E-state index in [9.17, 15) is 8.42 Å². The molecule has 4 rings (SSSR count). The quantitative estimate of drug-likeness (QED) is 0.739. The van der Waals surface area contributed by atoms with E-state index >= 15 is 0 Å². The van der Waals surface area contributed by atoms with Gasteiger partial charge >= 0.3 is 0 Å². The van der Waals surface area contributed by atoms with E-state index < -0.39 is 10.0 Å². The Hall–Kier alpha value is -1.82. The first-order valence-corrected chi connectivity index (χ1v) is 10.2. The third-order valence-corrected chi connectivity index (χ3v) is 7.13. The maximum Gasteiger partial charge on any atom is 0.243 e. The molecule has 0 bridgehead atoms. The molecule has 0 spiro atoms. The van der Waals surface area contributed by atoms with Gasteiger partial charge in [-0.3, -0.25) is 0 Å². The van der Waals surface area contributed by atoms with Gasteiger partial charge in [0.15, 0.2) is 0 Å². The van der Waals surface area contributed by atoms with Gasteiger partial charge < -0.3 is 4.98 Å². The summed E-state index contributed by atoms with van der Waals surface area (Å²) in [6.45, 7) is 1.07. The molecular weight excluding hydrogens is 356 g/mol. The van der Waals surface area contributed by atoms with Gasteiger partial charge in [-0.15, -0.1) is 0 Å². The normalized spacial score (nSPS) is 17.2. The van der Waals surface area contributed by atoms with Crippen molar-refractivity contribution in [2.75, 3.05) is 13.1 Å². The van der Waals surface area contributed by atoms with E-state index in [0.29, 0.717) is 28.9 Å². The van der Waals surface area contributed by atoms with Crippen molar-refractivity contribution in [3.05, 3.63) is 65.3 Å². The van der Waals surface area contributed by atoms with E-state index in [1.165, 1.54) is 10.9 Å². The highest BCUT2D eigenvalue weighted by atomic mass is 35.5. The SMILES string of the molecule is O=S(=O)(c1ccc(Cl)cc1)N1CCC(c2c[nH]c3ccccc23)CC1. The fourth-order valence-electron chi connectivity index (χ4n) is 3.59. The van der Waals surface area contributed by atoms with Gasteiger partial charge in [0, 0.05) is 35.2 Å². The van der Waals surface area contributed by atoms with Crippen LogP contribution in [0.15, 0.2) is 59.6 Å². The van der Waals surface area contributed by atoms with E-state index in [-0.39, 0.29) is 0 Å². The summed E-state index contributed by atoms with van der Waals surface area (Å²) in [7, 11) is -3.45. The van der Waals surface area contributed by atoms with Crippen LogP contribution in [0.2, 0.25) is 5.02 Å². The lowest BCUT2D eigenvalue weighted by Crippen LogP contribution is -2.37. The number of para-hydroxylation sites is 1. The van der Waals surface area contributed by atoms with Crippen molar-refractivity contribution in [3.8, 4) is 0 Å². The predicted molar refractivity (Wildman–Crippen MR) is 100 cm³/mol. The van der Waals surface area contributed by atoms with Crippen LogP contribution >= 0.6 is 11.6 Å². The number of nitrogens with zero attached hydrogens (tertiary/aromatic N) is 1. The second kappa shape index (κ2) is 6.48. The van der Waals surface area contributed by atoms with Gasteiger partial charge in [0.1, 0.15) is 0 Å². The van der Waals surface area contributed by atoms with Crippen LogP contribution in [0.1, 0.15) is 24.3 Å². The Morgan fingerprint density at radius 1 is 1.00 bits per heavy atom. The van der Waals surface area contributed by atoms with Gasteiger partial charge in [-0.2, -0.15) is 4.31 Å². The Kier molecular flexibility index (Phi) is 4.31. The number of rotatable bonds is 3. The molecule has 1 aliphatic rings. The Bertz CT molecular complexity index is 988. The summed E-state index contributed by atoms with van der Waals surface area (Å²) in [5.74, 6) is 0.382. The zero-order valence-electron chi connectivity index (χ0n) is 13.7. The monoisotopic (exact) mass is 374 g/mol. The summed E-state index contributed by atoms with van der Waals surface area (Å²) >= 11 is 5.86. The van der Waals surface area contributed by atoms with Crippen LogP contribution < -0.4 is 0 Å². The van der Waals surface area contributed by atoms with Crippen LogP contribution in [-0.2, 0) is 10.0 Å². The Morgan fingerprint density at radius 3 is 2.40 bits per heavy atom. The summed E-state index contributed by atoms with van der Waals surface area (Å²) in [6, 6.07) is 14.6. The molecule has 0 atom stereocenters. The summed E-state index contributed by atoms with van der Waals surface area (Å²) < 4.78 is 27.1. The molecule has 1 fully saturated rings. The van der Waals surface area contributed by atoms with Crippen LogP contribution in [0, 0.1) is 0 Å². The van der Waals surface area contributed by atoms with Crippen LogP contribution in [0.25, 0.3) is 10.9 Å². The van der Waals surface area contributed by atoms with Gasteiger partial charge in [0.05, 0.1) is 4.90 Å². The van der Waals surface area contributed by atoms with Crippen molar-refractivity contribution in [2.45, 2.75) is 23.7 Å². The third kappa shape index (κ3) is 3.08. The molecular formula is C19H19ClN2O2S. The highest BCUT2D eigenvalue weighted by molar-refractivity contribution is 7.89. The van der Waals surface area contributed by atoms with E-state index in [1.54, 1.807) is 28.6 Å². The molecule has 1 N–H and O–H groups in total. The van der Waals surface area contributed by atoms with Crippen molar-refractivity contribution < 1.29 is 8.42 Å². The Labute approximate surface area is 152 Å². The van der Waals surface area contributed by atoms with Crippen molar-refractivity contribution in [2.24, 2.45) is 0 Å². The topological polar surface area (TPSA) is 53.2 Å². The van der Waals surface area contributed by atoms with E-state index in [2.05, 4.69) is 23.3 Å². The molecule has 130 valence electrons. The van der Waals surface area contributed by atoms with Crippen LogP contribution in [-0.4, -0.2) is 30.8 Å². The Morgan fingerprint density at radius 2 is 1.68 bits per heavy atom. The first-order chi connectivity index (χ1) is 12.1. The summed E-state index contributed by atoms with van der Waals surface area (Å²) in [5.41, 5.74) is 2.42. The number of aromatic nitrogens is 1. The van der Waals surface area contributed by atoms with Crippen LogP contribution in [0.5, 0.6) is 0 Å². The zero-order valence-corrected chi connectivity index (χ0v) is 15.2. The van der Waals surface area contributed by atoms with E-state index in [1.807, 2.05) is 12.1 Å². The van der Waals surface area contributed by atoms with Crippen LogP contribution in [0.4, 0.5) is 0 Å². The second-order valence-electron chi connectivity index (χ2n) is 6.42. The molecule has 0 radical (unpaired) electrons. The molecule has 2 heterocycles. The molecule has 1 aliphatic heterocycles. The number of aromatic amines is 1. The van der Waals surface area contributed by atoms with Crippen LogP contribution in [0.3, 0.4) is 0 Å². The molecule has 0 aliphatic carbocycles. The number of nitrogens with one attached hydrogen (secondary N) is 1. The average molecular weight is 375 g/mol.